The van der Waals surface area contributed by atoms with Gasteiger partial charge < -0.3 is 20.7 Å². The number of morpholine rings is 1. The predicted molar refractivity (Wildman–Crippen MR) is 139 cm³/mol. The molecular weight excluding hydrogens is 525 g/mol. The van der Waals surface area contributed by atoms with Gasteiger partial charge in [0.1, 0.15) is 0 Å². The molecule has 9 heteroatoms. The first-order valence-corrected chi connectivity index (χ1v) is 12.2. The van der Waals surface area contributed by atoms with Crippen LogP contribution in [0.2, 0.25) is 0 Å². The number of anilines is 1. The third-order valence-electron chi connectivity index (χ3n) is 6.26. The van der Waals surface area contributed by atoms with Crippen LogP contribution in [0, 0.1) is 0 Å². The Bertz CT molecular complexity index is 766. The van der Waals surface area contributed by atoms with Gasteiger partial charge in [-0.15, -0.1) is 24.0 Å². The second kappa shape index (κ2) is 11.7. The average Bonchev–Trinajstić information content (AvgIpc) is 3.26. The molecule has 3 aliphatic rings. The van der Waals surface area contributed by atoms with E-state index in [1.165, 1.54) is 17.7 Å². The number of ether oxygens (including phenoxy) is 1. The van der Waals surface area contributed by atoms with Crippen molar-refractivity contribution in [3.05, 3.63) is 29.8 Å². The van der Waals surface area contributed by atoms with Gasteiger partial charge in [-0.25, -0.2) is 0 Å². The van der Waals surface area contributed by atoms with Crippen molar-refractivity contribution in [1.82, 2.24) is 15.5 Å². The monoisotopic (exact) mass is 559 g/mol. The Morgan fingerprint density at radius 3 is 2.87 bits per heavy atom. The van der Waals surface area contributed by atoms with Gasteiger partial charge in [-0.1, -0.05) is 18.2 Å². The van der Waals surface area contributed by atoms with E-state index in [0.717, 1.165) is 56.8 Å². The van der Waals surface area contributed by atoms with Crippen molar-refractivity contribution in [2.45, 2.75) is 31.2 Å². The minimum absolute atomic E-state index is 0. The highest BCUT2D eigenvalue weighted by molar-refractivity contribution is 14.0. The highest BCUT2D eigenvalue weighted by Gasteiger charge is 2.40. The highest BCUT2D eigenvalue weighted by Crippen LogP contribution is 2.34. The number of nitrogens with zero attached hydrogens (tertiary/aromatic N) is 2. The summed E-state index contributed by atoms with van der Waals surface area (Å²) >= 11 is 2.03. The molecule has 0 saturated carbocycles. The van der Waals surface area contributed by atoms with Crippen LogP contribution in [0.1, 0.15) is 31.2 Å². The van der Waals surface area contributed by atoms with Gasteiger partial charge in [0.15, 0.2) is 5.96 Å². The topological polar surface area (TPSA) is 78.0 Å². The van der Waals surface area contributed by atoms with Crippen molar-refractivity contribution in [2.75, 3.05) is 62.8 Å². The molecular formula is C22H34IN5O2S. The molecule has 172 valence electrons. The zero-order valence-corrected chi connectivity index (χ0v) is 21.3. The summed E-state index contributed by atoms with van der Waals surface area (Å²) in [7, 11) is 0. The molecule has 2 unspecified atom stereocenters. The fourth-order valence-corrected chi connectivity index (χ4v) is 6.05. The number of benzene rings is 1. The fourth-order valence-electron chi connectivity index (χ4n) is 4.58. The van der Waals surface area contributed by atoms with Crippen LogP contribution in [0.25, 0.3) is 0 Å². The number of halogens is 1. The summed E-state index contributed by atoms with van der Waals surface area (Å²) < 4.78 is 5.57. The number of aliphatic imine (C=N–C) groups is 1. The summed E-state index contributed by atoms with van der Waals surface area (Å²) in [5, 5.41) is 9.87. The third kappa shape index (κ3) is 6.06. The molecule has 7 nitrogen and oxygen atoms in total. The molecule has 3 N–H and O–H groups in total. The second-order valence-electron chi connectivity index (χ2n) is 8.24. The van der Waals surface area contributed by atoms with Crippen molar-refractivity contribution in [2.24, 2.45) is 4.99 Å². The SMILES string of the molecule is CCNC(=NCC1(N2CCOCC2)CCSC1)NCC1CC(=O)Nc2ccccc21.I. The molecule has 3 heterocycles. The van der Waals surface area contributed by atoms with Crippen LogP contribution in [0.5, 0.6) is 0 Å². The van der Waals surface area contributed by atoms with Gasteiger partial charge in [0.25, 0.3) is 0 Å². The molecule has 0 bridgehead atoms. The number of amides is 1. The lowest BCUT2D eigenvalue weighted by Crippen LogP contribution is -2.56. The molecule has 0 aromatic heterocycles. The number of guanidine groups is 1. The second-order valence-corrected chi connectivity index (χ2v) is 9.34. The Balaban J connectivity index is 0.00000272. The Morgan fingerprint density at radius 1 is 1.32 bits per heavy atom. The number of carbonyl (C=O) groups excluding carboxylic acids is 1. The van der Waals surface area contributed by atoms with Crippen LogP contribution in [0.15, 0.2) is 29.3 Å². The molecule has 1 amide bonds. The molecule has 1 aromatic rings. The number of thioether (sulfide) groups is 1. The number of hydrogen-bond acceptors (Lipinski definition) is 5. The molecule has 2 saturated heterocycles. The number of hydrogen-bond donors (Lipinski definition) is 3. The Hall–Kier alpha value is -1.04. The smallest absolute Gasteiger partial charge is 0.225 e. The van der Waals surface area contributed by atoms with Crippen LogP contribution >= 0.6 is 35.7 Å². The summed E-state index contributed by atoms with van der Waals surface area (Å²) in [5.41, 5.74) is 2.25. The quantitative estimate of drug-likeness (QED) is 0.283. The maximum absolute atomic E-state index is 12.1. The average molecular weight is 560 g/mol. The van der Waals surface area contributed by atoms with Crippen LogP contribution in [0.4, 0.5) is 5.69 Å². The first-order valence-electron chi connectivity index (χ1n) is 11.0. The van der Waals surface area contributed by atoms with Crippen molar-refractivity contribution >= 4 is 53.3 Å². The maximum Gasteiger partial charge on any atom is 0.225 e. The largest absolute Gasteiger partial charge is 0.379 e. The Kier molecular flexibility index (Phi) is 9.30. The van der Waals surface area contributed by atoms with Crippen LogP contribution in [-0.4, -0.2) is 79.7 Å². The molecule has 0 aliphatic carbocycles. The van der Waals surface area contributed by atoms with Gasteiger partial charge in [-0.2, -0.15) is 11.8 Å². The normalized spacial score (nSPS) is 26.5. The van der Waals surface area contributed by atoms with E-state index in [1.807, 2.05) is 30.0 Å². The van der Waals surface area contributed by atoms with Gasteiger partial charge in [0.05, 0.1) is 25.3 Å². The first-order chi connectivity index (χ1) is 14.7. The fraction of sp³-hybridized carbons (Fsp3) is 0.636. The van der Waals surface area contributed by atoms with Gasteiger partial charge >= 0.3 is 0 Å². The number of nitrogens with one attached hydrogen (secondary N) is 3. The van der Waals surface area contributed by atoms with E-state index >= 15 is 0 Å². The number of rotatable bonds is 6. The van der Waals surface area contributed by atoms with Crippen molar-refractivity contribution < 1.29 is 9.53 Å². The summed E-state index contributed by atoms with van der Waals surface area (Å²) in [5.74, 6) is 3.40. The standard InChI is InChI=1S/C22H33N5O2S.HI/c1-2-23-21(24-14-17-13-20(28)26-19-6-4-3-5-18(17)19)25-15-22(7-12-30-16-22)27-8-10-29-11-9-27;/h3-6,17H,2,7-16H2,1H3,(H,26,28)(H2,23,24,25);1H. The first kappa shape index (κ1) is 24.6. The highest BCUT2D eigenvalue weighted by atomic mass is 127. The number of carbonyl (C=O) groups is 1. The van der Waals surface area contributed by atoms with Crippen molar-refractivity contribution in [1.29, 1.82) is 0 Å². The lowest BCUT2D eigenvalue weighted by molar-refractivity contribution is -0.116. The van der Waals surface area contributed by atoms with Gasteiger partial charge in [-0.05, 0) is 30.7 Å². The Labute approximate surface area is 206 Å². The molecule has 31 heavy (non-hydrogen) atoms. The maximum atomic E-state index is 12.1. The zero-order chi connectivity index (χ0) is 20.8. The van der Waals surface area contributed by atoms with Crippen LogP contribution in [-0.2, 0) is 9.53 Å². The van der Waals surface area contributed by atoms with E-state index < -0.39 is 0 Å². The molecule has 4 rings (SSSR count). The van der Waals surface area contributed by atoms with Gasteiger partial charge in [0, 0.05) is 50.0 Å². The minimum atomic E-state index is 0. The lowest BCUT2D eigenvalue weighted by atomic mass is 9.90. The van der Waals surface area contributed by atoms with Crippen molar-refractivity contribution in [3.8, 4) is 0 Å². The van der Waals surface area contributed by atoms with E-state index in [1.54, 1.807) is 0 Å². The summed E-state index contributed by atoms with van der Waals surface area (Å²) in [6.07, 6.45) is 1.68. The third-order valence-corrected chi connectivity index (χ3v) is 7.50. The van der Waals surface area contributed by atoms with Gasteiger partial charge in [0.2, 0.25) is 5.91 Å². The number of fused-ring (bicyclic) bond motifs is 1. The molecule has 0 radical (unpaired) electrons. The summed E-state index contributed by atoms with van der Waals surface area (Å²) in [6, 6.07) is 8.08. The zero-order valence-electron chi connectivity index (χ0n) is 18.2. The van der Waals surface area contributed by atoms with E-state index in [9.17, 15) is 4.79 Å². The summed E-state index contributed by atoms with van der Waals surface area (Å²) in [4.78, 5) is 19.7. The van der Waals surface area contributed by atoms with E-state index in [2.05, 4.69) is 33.8 Å². The summed E-state index contributed by atoms with van der Waals surface area (Å²) in [6.45, 7) is 8.00. The molecule has 2 atom stereocenters. The van der Waals surface area contributed by atoms with Crippen LogP contribution < -0.4 is 16.0 Å². The molecule has 2 fully saturated rings. The molecule has 3 aliphatic heterocycles. The number of para-hydroxylation sites is 1. The van der Waals surface area contributed by atoms with E-state index in [-0.39, 0.29) is 41.3 Å². The van der Waals surface area contributed by atoms with E-state index in [4.69, 9.17) is 9.73 Å². The predicted octanol–water partition coefficient (Wildman–Crippen LogP) is 2.49. The Morgan fingerprint density at radius 2 is 2.13 bits per heavy atom. The van der Waals surface area contributed by atoms with E-state index in [0.29, 0.717) is 13.0 Å². The molecule has 0 spiro atoms. The molecule has 1 aromatic carbocycles. The van der Waals surface area contributed by atoms with Crippen LogP contribution in [0.3, 0.4) is 0 Å². The van der Waals surface area contributed by atoms with Gasteiger partial charge in [-0.3, -0.25) is 14.7 Å². The minimum Gasteiger partial charge on any atom is -0.379 e. The lowest BCUT2D eigenvalue weighted by Gasteiger charge is -2.42. The van der Waals surface area contributed by atoms with Crippen molar-refractivity contribution in [3.63, 3.8) is 0 Å².